The van der Waals surface area contributed by atoms with Crippen molar-refractivity contribution in [2.45, 2.75) is 0 Å². The van der Waals surface area contributed by atoms with Crippen LogP contribution in [0.2, 0.25) is 0 Å². The van der Waals surface area contributed by atoms with Crippen molar-refractivity contribution in [2.24, 2.45) is 0 Å². The number of hydrogen-bond donors (Lipinski definition) is 1. The first-order valence-corrected chi connectivity index (χ1v) is 5.92. The Morgan fingerprint density at radius 3 is 2.67 bits per heavy atom. The summed E-state index contributed by atoms with van der Waals surface area (Å²) >= 11 is 3.34. The number of benzene rings is 1. The third kappa shape index (κ3) is 2.73. The minimum Gasteiger partial charge on any atom is -0.320 e. The zero-order valence-corrected chi connectivity index (χ0v) is 10.8. The van der Waals surface area contributed by atoms with Gasteiger partial charge in [0.1, 0.15) is 11.8 Å². The van der Waals surface area contributed by atoms with E-state index in [1.807, 2.05) is 24.3 Å². The fraction of sp³-hybridized carbons (Fsp3) is 0. The van der Waals surface area contributed by atoms with E-state index in [2.05, 4.69) is 26.2 Å². The lowest BCUT2D eigenvalue weighted by molar-refractivity contribution is 0.102. The van der Waals surface area contributed by atoms with Crippen LogP contribution in [0.1, 0.15) is 16.1 Å². The van der Waals surface area contributed by atoms with Gasteiger partial charge in [0.2, 0.25) is 0 Å². The van der Waals surface area contributed by atoms with Crippen molar-refractivity contribution in [3.8, 4) is 6.07 Å². The zero-order chi connectivity index (χ0) is 13.0. The number of amides is 1. The summed E-state index contributed by atoms with van der Waals surface area (Å²) in [6.45, 7) is 0. The van der Waals surface area contributed by atoms with Crippen molar-refractivity contribution in [3.05, 3.63) is 58.3 Å². The number of pyridine rings is 1. The van der Waals surface area contributed by atoms with Gasteiger partial charge in [0.15, 0.2) is 0 Å². The highest BCUT2D eigenvalue weighted by Gasteiger charge is 2.08. The van der Waals surface area contributed by atoms with Crippen molar-refractivity contribution in [1.82, 2.24) is 4.98 Å². The van der Waals surface area contributed by atoms with Gasteiger partial charge >= 0.3 is 0 Å². The van der Waals surface area contributed by atoms with E-state index in [4.69, 9.17) is 5.26 Å². The molecule has 1 amide bonds. The van der Waals surface area contributed by atoms with E-state index in [9.17, 15) is 4.79 Å². The second-order valence-corrected chi connectivity index (χ2v) is 4.33. The number of rotatable bonds is 2. The summed E-state index contributed by atoms with van der Waals surface area (Å²) in [6.07, 6.45) is 1.37. The maximum absolute atomic E-state index is 11.9. The number of hydrogen-bond acceptors (Lipinski definition) is 3. The molecule has 0 radical (unpaired) electrons. The average Bonchev–Trinajstić information content (AvgIpc) is 2.41. The lowest BCUT2D eigenvalue weighted by Crippen LogP contribution is -2.13. The molecular formula is C13H8BrN3O. The Balaban J connectivity index is 2.17. The highest BCUT2D eigenvalue weighted by molar-refractivity contribution is 9.10. The topological polar surface area (TPSA) is 65.8 Å². The maximum Gasteiger partial charge on any atom is 0.274 e. The molecule has 5 heteroatoms. The number of halogens is 1. The molecule has 0 fully saturated rings. The minimum absolute atomic E-state index is 0.268. The van der Waals surface area contributed by atoms with Crippen LogP contribution in [0.5, 0.6) is 0 Å². The molecule has 1 N–H and O–H groups in total. The summed E-state index contributed by atoms with van der Waals surface area (Å²) in [5.41, 5.74) is 1.37. The van der Waals surface area contributed by atoms with Crippen molar-refractivity contribution >= 4 is 27.5 Å². The van der Waals surface area contributed by atoms with Gasteiger partial charge in [-0.25, -0.2) is 4.98 Å². The third-order valence-electron chi connectivity index (χ3n) is 2.25. The van der Waals surface area contributed by atoms with Crippen LogP contribution in [0.25, 0.3) is 0 Å². The average molecular weight is 302 g/mol. The van der Waals surface area contributed by atoms with Gasteiger partial charge in [0.25, 0.3) is 5.91 Å². The molecule has 0 atom stereocenters. The number of para-hydroxylation sites is 1. The molecule has 0 aliphatic carbocycles. The van der Waals surface area contributed by atoms with Crippen molar-refractivity contribution in [3.63, 3.8) is 0 Å². The second-order valence-electron chi connectivity index (χ2n) is 3.48. The second kappa shape index (κ2) is 5.43. The largest absolute Gasteiger partial charge is 0.320 e. The molecule has 1 heterocycles. The number of nitrogens with one attached hydrogen (secondary N) is 1. The van der Waals surface area contributed by atoms with Crippen LogP contribution in [-0.4, -0.2) is 10.9 Å². The summed E-state index contributed by atoms with van der Waals surface area (Å²) < 4.78 is 0.798. The van der Waals surface area contributed by atoms with E-state index in [-0.39, 0.29) is 11.6 Å². The molecule has 2 rings (SSSR count). The van der Waals surface area contributed by atoms with Crippen LogP contribution in [0.4, 0.5) is 5.69 Å². The molecule has 0 bridgehead atoms. The van der Waals surface area contributed by atoms with Gasteiger partial charge in [0, 0.05) is 10.7 Å². The van der Waals surface area contributed by atoms with E-state index in [1.165, 1.54) is 12.3 Å². The van der Waals surface area contributed by atoms with Crippen LogP contribution in [0.3, 0.4) is 0 Å². The molecule has 0 spiro atoms. The standard InChI is InChI=1S/C13H8BrN3O/c14-10-3-1-2-4-11(10)17-13(18)12-6-5-9(7-15)8-16-12/h1-6,8H,(H,17,18). The molecule has 0 unspecified atom stereocenters. The van der Waals surface area contributed by atoms with E-state index in [0.717, 1.165) is 4.47 Å². The lowest BCUT2D eigenvalue weighted by Gasteiger charge is -2.06. The lowest BCUT2D eigenvalue weighted by atomic mass is 10.2. The molecule has 1 aromatic carbocycles. The summed E-state index contributed by atoms with van der Waals surface area (Å²) in [5.74, 6) is -0.314. The predicted molar refractivity (Wildman–Crippen MR) is 71.0 cm³/mol. The van der Waals surface area contributed by atoms with Gasteiger partial charge in [-0.1, -0.05) is 12.1 Å². The Kier molecular flexibility index (Phi) is 3.70. The van der Waals surface area contributed by atoms with Crippen LogP contribution in [0, 0.1) is 11.3 Å². The Bertz CT molecular complexity index is 617. The van der Waals surface area contributed by atoms with E-state index >= 15 is 0 Å². The number of carbonyl (C=O) groups is 1. The Morgan fingerprint density at radius 2 is 2.06 bits per heavy atom. The third-order valence-corrected chi connectivity index (χ3v) is 2.94. The predicted octanol–water partition coefficient (Wildman–Crippen LogP) is 2.97. The van der Waals surface area contributed by atoms with Crippen molar-refractivity contribution in [1.29, 1.82) is 5.26 Å². The number of anilines is 1. The molecule has 1 aromatic heterocycles. The quantitative estimate of drug-likeness (QED) is 0.927. The summed E-state index contributed by atoms with van der Waals surface area (Å²) in [6, 6.07) is 12.3. The summed E-state index contributed by atoms with van der Waals surface area (Å²) in [7, 11) is 0. The Hall–Kier alpha value is -2.19. The first-order chi connectivity index (χ1) is 8.70. The molecule has 0 aliphatic heterocycles. The molecule has 0 saturated carbocycles. The Morgan fingerprint density at radius 1 is 1.28 bits per heavy atom. The van der Waals surface area contributed by atoms with Crippen LogP contribution < -0.4 is 5.32 Å². The van der Waals surface area contributed by atoms with Gasteiger partial charge in [-0.2, -0.15) is 5.26 Å². The Labute approximate surface area is 112 Å². The van der Waals surface area contributed by atoms with E-state index < -0.39 is 0 Å². The first-order valence-electron chi connectivity index (χ1n) is 5.13. The smallest absolute Gasteiger partial charge is 0.274 e. The molecule has 4 nitrogen and oxygen atoms in total. The number of nitriles is 1. The van der Waals surface area contributed by atoms with Gasteiger partial charge < -0.3 is 5.32 Å². The molecule has 2 aromatic rings. The fourth-order valence-electron chi connectivity index (χ4n) is 1.34. The molecule has 0 saturated heterocycles. The van der Waals surface area contributed by atoms with Gasteiger partial charge in [-0.15, -0.1) is 0 Å². The summed E-state index contributed by atoms with van der Waals surface area (Å²) in [5, 5.41) is 11.4. The first kappa shape index (κ1) is 12.3. The van der Waals surface area contributed by atoms with Crippen LogP contribution in [0.15, 0.2) is 47.1 Å². The maximum atomic E-state index is 11.9. The zero-order valence-electron chi connectivity index (χ0n) is 9.22. The highest BCUT2D eigenvalue weighted by atomic mass is 79.9. The van der Waals surface area contributed by atoms with Gasteiger partial charge in [0.05, 0.1) is 11.3 Å². The summed E-state index contributed by atoms with van der Waals surface area (Å²) in [4.78, 5) is 15.8. The fourth-order valence-corrected chi connectivity index (χ4v) is 1.73. The van der Waals surface area contributed by atoms with Crippen molar-refractivity contribution < 1.29 is 4.79 Å². The van der Waals surface area contributed by atoms with Crippen LogP contribution >= 0.6 is 15.9 Å². The van der Waals surface area contributed by atoms with Crippen molar-refractivity contribution in [2.75, 3.05) is 5.32 Å². The highest BCUT2D eigenvalue weighted by Crippen LogP contribution is 2.21. The molecule has 18 heavy (non-hydrogen) atoms. The van der Waals surface area contributed by atoms with Gasteiger partial charge in [-0.3, -0.25) is 4.79 Å². The van der Waals surface area contributed by atoms with Crippen LogP contribution in [-0.2, 0) is 0 Å². The minimum atomic E-state index is -0.314. The van der Waals surface area contributed by atoms with Gasteiger partial charge in [-0.05, 0) is 40.2 Å². The molecule has 88 valence electrons. The number of carbonyl (C=O) groups excluding carboxylic acids is 1. The van der Waals surface area contributed by atoms with E-state index in [0.29, 0.717) is 11.3 Å². The number of aromatic nitrogens is 1. The molecular weight excluding hydrogens is 294 g/mol. The number of nitrogens with zero attached hydrogens (tertiary/aromatic N) is 2. The monoisotopic (exact) mass is 301 g/mol. The normalized spacial score (nSPS) is 9.56. The molecule has 0 aliphatic rings. The SMILES string of the molecule is N#Cc1ccc(C(=O)Nc2ccccc2Br)nc1. The van der Waals surface area contributed by atoms with E-state index in [1.54, 1.807) is 12.1 Å².